The van der Waals surface area contributed by atoms with Gasteiger partial charge in [0.2, 0.25) is 12.8 Å². The van der Waals surface area contributed by atoms with Crippen LogP contribution in [0.25, 0.3) is 10.2 Å². The van der Waals surface area contributed by atoms with Crippen molar-refractivity contribution in [1.82, 2.24) is 4.98 Å². The van der Waals surface area contributed by atoms with Gasteiger partial charge in [-0.2, -0.15) is 0 Å². The molecule has 0 saturated carbocycles. The number of fused-ring (bicyclic) bond motifs is 1. The fourth-order valence-electron chi connectivity index (χ4n) is 1.29. The van der Waals surface area contributed by atoms with Gasteiger partial charge in [0, 0.05) is 11.6 Å². The number of hydrogen-bond acceptors (Lipinski definition) is 4. The van der Waals surface area contributed by atoms with Crippen LogP contribution in [0.1, 0.15) is 0 Å². The lowest BCUT2D eigenvalue weighted by molar-refractivity contribution is -0.106. The fourth-order valence-corrected chi connectivity index (χ4v) is 2.25. The van der Waals surface area contributed by atoms with E-state index < -0.39 is 0 Å². The van der Waals surface area contributed by atoms with E-state index in [1.807, 2.05) is 6.07 Å². The van der Waals surface area contributed by atoms with Crippen LogP contribution in [0.15, 0.2) is 18.3 Å². The van der Waals surface area contributed by atoms with Crippen molar-refractivity contribution in [2.45, 2.75) is 0 Å². The average Bonchev–Trinajstić information content (AvgIpc) is 2.59. The lowest BCUT2D eigenvalue weighted by Gasteiger charge is -1.99. The molecule has 0 aromatic carbocycles. The molecule has 0 aliphatic rings. The minimum Gasteiger partial charge on any atom is -0.326 e. The highest BCUT2D eigenvalue weighted by molar-refractivity contribution is 7.23. The first-order valence-electron chi connectivity index (χ1n) is 4.14. The molecule has 5 nitrogen and oxygen atoms in total. The third-order valence-corrected chi connectivity index (χ3v) is 2.90. The van der Waals surface area contributed by atoms with Gasteiger partial charge in [-0.1, -0.05) is 11.3 Å². The highest BCUT2D eigenvalue weighted by Crippen LogP contribution is 2.38. The van der Waals surface area contributed by atoms with Gasteiger partial charge in [0.05, 0.1) is 5.69 Å². The lowest BCUT2D eigenvalue weighted by atomic mass is 10.3. The number of pyridine rings is 1. The SMILES string of the molecule is O=CNc1sc2ncccc2c1NC=O. The van der Waals surface area contributed by atoms with Crippen molar-refractivity contribution in [3.05, 3.63) is 18.3 Å². The summed E-state index contributed by atoms with van der Waals surface area (Å²) in [4.78, 5) is 25.7. The van der Waals surface area contributed by atoms with Crippen molar-refractivity contribution in [1.29, 1.82) is 0 Å². The molecule has 2 heterocycles. The molecule has 0 radical (unpaired) electrons. The summed E-state index contributed by atoms with van der Waals surface area (Å²) in [6, 6.07) is 3.61. The fraction of sp³-hybridized carbons (Fsp3) is 0. The average molecular weight is 221 g/mol. The topological polar surface area (TPSA) is 71.1 Å². The molecule has 76 valence electrons. The van der Waals surface area contributed by atoms with Crippen LogP contribution < -0.4 is 10.6 Å². The number of hydrogen-bond donors (Lipinski definition) is 2. The summed E-state index contributed by atoms with van der Waals surface area (Å²) in [7, 11) is 0. The number of amides is 2. The summed E-state index contributed by atoms with van der Waals surface area (Å²) in [6.07, 6.45) is 2.80. The van der Waals surface area contributed by atoms with Crippen molar-refractivity contribution in [2.24, 2.45) is 0 Å². The summed E-state index contributed by atoms with van der Waals surface area (Å²) in [5.41, 5.74) is 0.588. The summed E-state index contributed by atoms with van der Waals surface area (Å²) in [5, 5.41) is 6.49. The Labute approximate surface area is 89.1 Å². The molecular formula is C9H7N3O2S. The van der Waals surface area contributed by atoms with Gasteiger partial charge < -0.3 is 10.6 Å². The Morgan fingerprint density at radius 2 is 2.07 bits per heavy atom. The van der Waals surface area contributed by atoms with E-state index in [-0.39, 0.29) is 0 Å². The molecule has 6 heteroatoms. The van der Waals surface area contributed by atoms with E-state index >= 15 is 0 Å². The summed E-state index contributed by atoms with van der Waals surface area (Å²) in [6.45, 7) is 0. The summed E-state index contributed by atoms with van der Waals surface area (Å²) < 4.78 is 0. The van der Waals surface area contributed by atoms with E-state index in [0.717, 1.165) is 10.2 Å². The quantitative estimate of drug-likeness (QED) is 0.767. The molecule has 0 bridgehead atoms. The van der Waals surface area contributed by atoms with E-state index in [4.69, 9.17) is 0 Å². The van der Waals surface area contributed by atoms with Crippen LogP contribution in [0.4, 0.5) is 10.7 Å². The zero-order valence-corrected chi connectivity index (χ0v) is 8.38. The second-order valence-electron chi connectivity index (χ2n) is 2.69. The number of anilines is 2. The van der Waals surface area contributed by atoms with E-state index in [0.29, 0.717) is 23.5 Å². The molecule has 2 amide bonds. The molecule has 2 N–H and O–H groups in total. The highest BCUT2D eigenvalue weighted by Gasteiger charge is 2.11. The van der Waals surface area contributed by atoms with Crippen molar-refractivity contribution in [2.75, 3.05) is 10.6 Å². The number of nitrogens with zero attached hydrogens (tertiary/aromatic N) is 1. The molecule has 0 aliphatic carbocycles. The smallest absolute Gasteiger partial charge is 0.212 e. The largest absolute Gasteiger partial charge is 0.326 e. The zero-order valence-electron chi connectivity index (χ0n) is 7.56. The second-order valence-corrected chi connectivity index (χ2v) is 3.69. The van der Waals surface area contributed by atoms with E-state index in [2.05, 4.69) is 15.6 Å². The van der Waals surface area contributed by atoms with E-state index in [1.165, 1.54) is 11.3 Å². The molecule has 15 heavy (non-hydrogen) atoms. The molecule has 0 atom stereocenters. The molecule has 0 fully saturated rings. The lowest BCUT2D eigenvalue weighted by Crippen LogP contribution is -1.98. The van der Waals surface area contributed by atoms with Crippen LogP contribution in [0, 0.1) is 0 Å². The van der Waals surface area contributed by atoms with Crippen LogP contribution in [-0.4, -0.2) is 17.8 Å². The minimum atomic E-state index is 0.570. The normalized spacial score (nSPS) is 9.87. The maximum Gasteiger partial charge on any atom is 0.212 e. The monoisotopic (exact) mass is 221 g/mol. The third kappa shape index (κ3) is 1.66. The number of thiophene rings is 1. The maximum atomic E-state index is 10.4. The van der Waals surface area contributed by atoms with Crippen LogP contribution >= 0.6 is 11.3 Å². The van der Waals surface area contributed by atoms with Gasteiger partial charge in [0.1, 0.15) is 9.83 Å². The first-order valence-corrected chi connectivity index (χ1v) is 4.96. The van der Waals surface area contributed by atoms with Gasteiger partial charge >= 0.3 is 0 Å². The predicted octanol–water partition coefficient (Wildman–Crippen LogP) is 1.43. The summed E-state index contributed by atoms with van der Waals surface area (Å²) in [5.74, 6) is 0. The Morgan fingerprint density at radius 3 is 2.80 bits per heavy atom. The molecule has 2 aromatic rings. The third-order valence-electron chi connectivity index (χ3n) is 1.86. The Morgan fingerprint density at radius 1 is 1.27 bits per heavy atom. The van der Waals surface area contributed by atoms with Gasteiger partial charge in [0.15, 0.2) is 0 Å². The second kappa shape index (κ2) is 4.05. The maximum absolute atomic E-state index is 10.4. The van der Waals surface area contributed by atoms with Gasteiger partial charge in [-0.3, -0.25) is 9.59 Å². The van der Waals surface area contributed by atoms with Gasteiger partial charge in [0.25, 0.3) is 0 Å². The first-order chi connectivity index (χ1) is 7.36. The van der Waals surface area contributed by atoms with Gasteiger partial charge in [-0.05, 0) is 12.1 Å². The number of nitrogens with one attached hydrogen (secondary N) is 2. The molecule has 0 saturated heterocycles. The predicted molar refractivity (Wildman–Crippen MR) is 59.0 cm³/mol. The molecule has 2 aromatic heterocycles. The van der Waals surface area contributed by atoms with Crippen molar-refractivity contribution in [3.63, 3.8) is 0 Å². The zero-order chi connectivity index (χ0) is 10.7. The highest BCUT2D eigenvalue weighted by atomic mass is 32.1. The van der Waals surface area contributed by atoms with Crippen LogP contribution in [-0.2, 0) is 9.59 Å². The van der Waals surface area contributed by atoms with E-state index in [1.54, 1.807) is 12.3 Å². The molecular weight excluding hydrogens is 214 g/mol. The van der Waals surface area contributed by atoms with Crippen LogP contribution in [0.2, 0.25) is 0 Å². The number of carbonyl (C=O) groups is 2. The number of aromatic nitrogens is 1. The first kappa shape index (κ1) is 9.60. The van der Waals surface area contributed by atoms with Crippen molar-refractivity contribution in [3.8, 4) is 0 Å². The van der Waals surface area contributed by atoms with Crippen LogP contribution in [0.5, 0.6) is 0 Å². The van der Waals surface area contributed by atoms with Crippen molar-refractivity contribution >= 4 is 45.1 Å². The minimum absolute atomic E-state index is 0.570. The Bertz CT molecular complexity index is 509. The Hall–Kier alpha value is -1.95. The number of rotatable bonds is 4. The molecule has 0 aliphatic heterocycles. The standard InChI is InChI=1S/C9H7N3O2S/c13-4-11-7-6-2-1-3-10-8(6)15-9(7)12-5-14/h1-5H,(H,11,13)(H,12,14). The molecule has 0 spiro atoms. The molecule has 2 rings (SSSR count). The van der Waals surface area contributed by atoms with Gasteiger partial charge in [-0.25, -0.2) is 4.98 Å². The van der Waals surface area contributed by atoms with Crippen molar-refractivity contribution < 1.29 is 9.59 Å². The number of carbonyl (C=O) groups excluding carboxylic acids is 2. The Kier molecular flexibility index (Phi) is 2.59. The Balaban J connectivity index is 2.62. The van der Waals surface area contributed by atoms with Crippen LogP contribution in [0.3, 0.4) is 0 Å². The van der Waals surface area contributed by atoms with E-state index in [9.17, 15) is 9.59 Å². The summed E-state index contributed by atoms with van der Waals surface area (Å²) >= 11 is 1.31. The molecule has 0 unspecified atom stereocenters. The van der Waals surface area contributed by atoms with Gasteiger partial charge in [-0.15, -0.1) is 0 Å².